The third-order valence-electron chi connectivity index (χ3n) is 3.18. The highest BCUT2D eigenvalue weighted by Crippen LogP contribution is 2.38. The van der Waals surface area contributed by atoms with E-state index >= 15 is 0 Å². The monoisotopic (exact) mass is 310 g/mol. The van der Waals surface area contributed by atoms with Gasteiger partial charge in [-0.25, -0.2) is 0 Å². The molecule has 1 aromatic carbocycles. The Balaban J connectivity index is 1.69. The highest BCUT2D eigenvalue weighted by atomic mass is 35.5. The molecule has 2 rings (SSSR count). The first-order valence-electron chi connectivity index (χ1n) is 6.48. The minimum absolute atomic E-state index is 0.0959. The van der Waals surface area contributed by atoms with Crippen LogP contribution in [0.4, 0.5) is 0 Å². The van der Waals surface area contributed by atoms with Crippen LogP contribution in [0.1, 0.15) is 23.7 Å². The second kappa shape index (κ2) is 6.58. The number of benzene rings is 1. The third kappa shape index (κ3) is 4.46. The molecule has 1 aliphatic rings. The van der Waals surface area contributed by atoms with Gasteiger partial charge in [0.1, 0.15) is 0 Å². The van der Waals surface area contributed by atoms with E-state index in [9.17, 15) is 14.4 Å². The molecular formula is C14H15ClN2O4. The molecule has 112 valence electrons. The Bertz CT molecular complexity index is 559. The molecule has 0 spiro atoms. The molecule has 0 radical (unpaired) electrons. The van der Waals surface area contributed by atoms with Crippen LogP contribution in [-0.2, 0) is 14.3 Å². The van der Waals surface area contributed by atoms with Crippen molar-refractivity contribution in [2.75, 3.05) is 6.61 Å². The molecule has 1 saturated carbocycles. The standard InChI is InChI=1S/C14H15ClN2O4/c1-8-6-11(8)14(20)21-7-12(18)16-17-13(19)9-2-4-10(15)5-3-9/h2-5,8,11H,6-7H2,1H3,(H,16,18)(H,17,19)/t8-,11-/m1/s1. The molecule has 0 aromatic heterocycles. The normalized spacial score (nSPS) is 19.5. The number of halogens is 1. The van der Waals surface area contributed by atoms with Crippen LogP contribution < -0.4 is 10.9 Å². The molecule has 6 nitrogen and oxygen atoms in total. The average Bonchev–Trinajstić information content (AvgIpc) is 3.20. The Kier molecular flexibility index (Phi) is 4.80. The minimum atomic E-state index is -0.598. The van der Waals surface area contributed by atoms with Gasteiger partial charge in [0, 0.05) is 10.6 Å². The molecule has 1 fully saturated rings. The second-order valence-electron chi connectivity index (χ2n) is 4.94. The van der Waals surface area contributed by atoms with Gasteiger partial charge in [0.05, 0.1) is 5.92 Å². The number of carbonyl (C=O) groups is 3. The van der Waals surface area contributed by atoms with Crippen molar-refractivity contribution in [3.63, 3.8) is 0 Å². The summed E-state index contributed by atoms with van der Waals surface area (Å²) in [5, 5.41) is 0.511. The predicted octanol–water partition coefficient (Wildman–Crippen LogP) is 1.30. The summed E-state index contributed by atoms with van der Waals surface area (Å²) in [4.78, 5) is 34.5. The summed E-state index contributed by atoms with van der Waals surface area (Å²) in [6, 6.07) is 6.18. The molecule has 21 heavy (non-hydrogen) atoms. The zero-order chi connectivity index (χ0) is 15.4. The fraction of sp³-hybridized carbons (Fsp3) is 0.357. The zero-order valence-electron chi connectivity index (χ0n) is 11.4. The van der Waals surface area contributed by atoms with Crippen LogP contribution >= 0.6 is 11.6 Å². The molecule has 0 bridgehead atoms. The van der Waals surface area contributed by atoms with E-state index < -0.39 is 18.4 Å². The van der Waals surface area contributed by atoms with Crippen LogP contribution in [0, 0.1) is 11.8 Å². The van der Waals surface area contributed by atoms with Crippen LogP contribution in [0.3, 0.4) is 0 Å². The van der Waals surface area contributed by atoms with E-state index in [1.807, 2.05) is 6.92 Å². The van der Waals surface area contributed by atoms with E-state index in [0.29, 0.717) is 16.5 Å². The number of rotatable bonds is 4. The van der Waals surface area contributed by atoms with Crippen LogP contribution in [0.15, 0.2) is 24.3 Å². The van der Waals surface area contributed by atoms with E-state index in [1.54, 1.807) is 12.1 Å². The Morgan fingerprint density at radius 1 is 1.24 bits per heavy atom. The van der Waals surface area contributed by atoms with Gasteiger partial charge in [-0.05, 0) is 36.6 Å². The van der Waals surface area contributed by atoms with Crippen LogP contribution in [0.5, 0.6) is 0 Å². The number of carbonyl (C=O) groups excluding carboxylic acids is 3. The highest BCUT2D eigenvalue weighted by molar-refractivity contribution is 6.30. The van der Waals surface area contributed by atoms with Gasteiger partial charge in [-0.15, -0.1) is 0 Å². The maximum absolute atomic E-state index is 11.7. The zero-order valence-corrected chi connectivity index (χ0v) is 12.1. The SMILES string of the molecule is C[C@@H]1C[C@H]1C(=O)OCC(=O)NNC(=O)c1ccc(Cl)cc1. The number of hydrogen-bond acceptors (Lipinski definition) is 4. The van der Waals surface area contributed by atoms with Crippen molar-refractivity contribution in [3.8, 4) is 0 Å². The number of esters is 1. The van der Waals surface area contributed by atoms with E-state index in [4.69, 9.17) is 16.3 Å². The number of hydrazine groups is 1. The van der Waals surface area contributed by atoms with Gasteiger partial charge < -0.3 is 4.74 Å². The van der Waals surface area contributed by atoms with Gasteiger partial charge in [-0.2, -0.15) is 0 Å². The lowest BCUT2D eigenvalue weighted by Gasteiger charge is -2.08. The van der Waals surface area contributed by atoms with Crippen molar-refractivity contribution in [2.45, 2.75) is 13.3 Å². The number of nitrogens with one attached hydrogen (secondary N) is 2. The molecule has 0 heterocycles. The quantitative estimate of drug-likeness (QED) is 0.648. The van der Waals surface area contributed by atoms with Crippen molar-refractivity contribution in [1.82, 2.24) is 10.9 Å². The molecule has 1 aromatic rings. The molecule has 0 saturated heterocycles. The molecule has 7 heteroatoms. The summed E-state index contributed by atoms with van der Waals surface area (Å²) in [6.45, 7) is 1.53. The Labute approximate surface area is 126 Å². The van der Waals surface area contributed by atoms with Crippen molar-refractivity contribution >= 4 is 29.4 Å². The Morgan fingerprint density at radius 3 is 2.43 bits per heavy atom. The lowest BCUT2D eigenvalue weighted by Crippen LogP contribution is -2.43. The van der Waals surface area contributed by atoms with Gasteiger partial charge in [-0.3, -0.25) is 25.2 Å². The smallest absolute Gasteiger partial charge is 0.309 e. The molecular weight excluding hydrogens is 296 g/mol. The Morgan fingerprint density at radius 2 is 1.86 bits per heavy atom. The van der Waals surface area contributed by atoms with E-state index in [1.165, 1.54) is 12.1 Å². The number of hydrogen-bond donors (Lipinski definition) is 2. The minimum Gasteiger partial charge on any atom is -0.455 e. The van der Waals surface area contributed by atoms with Crippen LogP contribution in [-0.4, -0.2) is 24.4 Å². The fourth-order valence-corrected chi connectivity index (χ4v) is 1.86. The third-order valence-corrected chi connectivity index (χ3v) is 3.43. The topological polar surface area (TPSA) is 84.5 Å². The largest absolute Gasteiger partial charge is 0.455 e. The lowest BCUT2D eigenvalue weighted by atomic mass is 10.2. The van der Waals surface area contributed by atoms with E-state index in [-0.39, 0.29) is 11.9 Å². The van der Waals surface area contributed by atoms with Gasteiger partial charge in [0.25, 0.3) is 11.8 Å². The van der Waals surface area contributed by atoms with Gasteiger partial charge in [0.15, 0.2) is 6.61 Å². The fourth-order valence-electron chi connectivity index (χ4n) is 1.73. The second-order valence-corrected chi connectivity index (χ2v) is 5.37. The first-order chi connectivity index (χ1) is 9.97. The lowest BCUT2D eigenvalue weighted by molar-refractivity contribution is -0.150. The van der Waals surface area contributed by atoms with Crippen LogP contribution in [0.2, 0.25) is 5.02 Å². The summed E-state index contributed by atoms with van der Waals surface area (Å²) in [6.07, 6.45) is 0.799. The molecule has 1 aliphatic carbocycles. The van der Waals surface area contributed by atoms with E-state index in [2.05, 4.69) is 10.9 Å². The van der Waals surface area contributed by atoms with Crippen molar-refractivity contribution in [1.29, 1.82) is 0 Å². The van der Waals surface area contributed by atoms with Crippen molar-refractivity contribution in [2.24, 2.45) is 11.8 Å². The van der Waals surface area contributed by atoms with Crippen molar-refractivity contribution in [3.05, 3.63) is 34.9 Å². The maximum atomic E-state index is 11.7. The predicted molar refractivity (Wildman–Crippen MR) is 75.3 cm³/mol. The van der Waals surface area contributed by atoms with E-state index in [0.717, 1.165) is 6.42 Å². The summed E-state index contributed by atoms with van der Waals surface area (Å²) < 4.78 is 4.83. The molecule has 2 atom stereocenters. The first-order valence-corrected chi connectivity index (χ1v) is 6.86. The van der Waals surface area contributed by atoms with Gasteiger partial charge >= 0.3 is 5.97 Å². The molecule has 0 unspecified atom stereocenters. The molecule has 0 aliphatic heterocycles. The van der Waals surface area contributed by atoms with Gasteiger partial charge in [0.2, 0.25) is 0 Å². The number of amides is 2. The average molecular weight is 311 g/mol. The first kappa shape index (κ1) is 15.3. The summed E-state index contributed by atoms with van der Waals surface area (Å²) in [5.74, 6) is -1.23. The number of ether oxygens (including phenoxy) is 1. The maximum Gasteiger partial charge on any atom is 0.309 e. The highest BCUT2D eigenvalue weighted by Gasteiger charge is 2.40. The molecule has 2 amide bonds. The summed E-state index contributed by atoms with van der Waals surface area (Å²) in [7, 11) is 0. The van der Waals surface area contributed by atoms with Gasteiger partial charge in [-0.1, -0.05) is 18.5 Å². The molecule has 2 N–H and O–H groups in total. The Hall–Kier alpha value is -2.08. The van der Waals surface area contributed by atoms with Crippen molar-refractivity contribution < 1.29 is 19.1 Å². The summed E-state index contributed by atoms with van der Waals surface area (Å²) in [5.41, 5.74) is 4.75. The van der Waals surface area contributed by atoms with Crippen LogP contribution in [0.25, 0.3) is 0 Å². The summed E-state index contributed by atoms with van der Waals surface area (Å²) >= 11 is 5.71.